The van der Waals surface area contributed by atoms with Crippen molar-refractivity contribution < 1.29 is 41.8 Å². The van der Waals surface area contributed by atoms with Crippen molar-refractivity contribution in [2.45, 2.75) is 32.9 Å². The van der Waals surface area contributed by atoms with Crippen LogP contribution in [0.1, 0.15) is 18.2 Å². The topological polar surface area (TPSA) is 96.0 Å². The van der Waals surface area contributed by atoms with Crippen LogP contribution in [0.25, 0.3) is 33.1 Å². The molecule has 1 N–H and O–H groups in total. The van der Waals surface area contributed by atoms with Crippen molar-refractivity contribution in [2.24, 2.45) is 0 Å². The Hall–Kier alpha value is -4.38. The maximum absolute atomic E-state index is 13.1. The summed E-state index contributed by atoms with van der Waals surface area (Å²) in [6, 6.07) is 14.0. The lowest BCUT2D eigenvalue weighted by atomic mass is 10.0. The van der Waals surface area contributed by atoms with Gasteiger partial charge >= 0.3 is 12.3 Å². The molecular weight excluding hydrogens is 553 g/mol. The summed E-state index contributed by atoms with van der Waals surface area (Å²) in [7, 11) is 1.53. The lowest BCUT2D eigenvalue weighted by molar-refractivity contribution is -0.274. The fourth-order valence-corrected chi connectivity index (χ4v) is 4.73. The normalized spacial score (nSPS) is 12.6. The van der Waals surface area contributed by atoms with Crippen LogP contribution in [0.3, 0.4) is 0 Å². The van der Waals surface area contributed by atoms with Crippen molar-refractivity contribution in [3.8, 4) is 28.5 Å². The molecule has 8 nitrogen and oxygen atoms in total. The van der Waals surface area contributed by atoms with E-state index in [9.17, 15) is 23.1 Å². The van der Waals surface area contributed by atoms with Gasteiger partial charge in [-0.05, 0) is 61.9 Å². The largest absolute Gasteiger partial charge is 0.573 e. The first-order valence-corrected chi connectivity index (χ1v) is 12.3. The molecule has 0 saturated carbocycles. The third-order valence-corrected chi connectivity index (χ3v) is 6.82. The summed E-state index contributed by atoms with van der Waals surface area (Å²) in [5.41, 5.74) is 3.29. The molecule has 0 amide bonds. The summed E-state index contributed by atoms with van der Waals surface area (Å²) >= 11 is 6.48. The molecule has 40 heavy (non-hydrogen) atoms. The van der Waals surface area contributed by atoms with E-state index in [1.54, 1.807) is 41.0 Å². The molecule has 0 unspecified atom stereocenters. The molecule has 208 valence electrons. The van der Waals surface area contributed by atoms with Crippen LogP contribution in [-0.2, 0) is 11.3 Å². The molecule has 0 aliphatic rings. The summed E-state index contributed by atoms with van der Waals surface area (Å²) < 4.78 is 61.5. The van der Waals surface area contributed by atoms with E-state index < -0.39 is 24.2 Å². The minimum absolute atomic E-state index is 0.124. The second kappa shape index (κ2) is 10.3. The Labute approximate surface area is 230 Å². The molecule has 0 bridgehead atoms. The summed E-state index contributed by atoms with van der Waals surface area (Å²) in [6.45, 7) is 3.33. The van der Waals surface area contributed by atoms with Crippen LogP contribution in [0, 0.1) is 6.92 Å². The quantitative estimate of drug-likeness (QED) is 0.209. The molecular formula is C28H22ClF3N2O6. The molecule has 12 heteroatoms. The fraction of sp³-hybridized carbons (Fsp3) is 0.214. The van der Waals surface area contributed by atoms with Gasteiger partial charge in [-0.1, -0.05) is 16.8 Å². The average molecular weight is 575 g/mol. The SMILES string of the molecule is COc1ccc2c(-c3c(C)n(Cc4cc(O[C@@H](C)C(=O)O)ccc4Cl)c4cc(OC(F)(F)F)ccc34)noc2c1. The number of rotatable bonds is 8. The minimum atomic E-state index is -4.87. The highest BCUT2D eigenvalue weighted by molar-refractivity contribution is 6.31. The highest BCUT2D eigenvalue weighted by atomic mass is 35.5. The number of benzene rings is 3. The molecule has 0 aliphatic heterocycles. The van der Waals surface area contributed by atoms with Crippen LogP contribution >= 0.6 is 11.6 Å². The molecule has 0 aliphatic carbocycles. The predicted molar refractivity (Wildman–Crippen MR) is 141 cm³/mol. The van der Waals surface area contributed by atoms with E-state index in [0.29, 0.717) is 55.2 Å². The fourth-order valence-electron chi connectivity index (χ4n) is 4.55. The summed E-state index contributed by atoms with van der Waals surface area (Å²) in [4.78, 5) is 11.2. The van der Waals surface area contributed by atoms with E-state index >= 15 is 0 Å². The number of hydrogen-bond donors (Lipinski definition) is 1. The zero-order valence-corrected chi connectivity index (χ0v) is 22.1. The van der Waals surface area contributed by atoms with E-state index in [2.05, 4.69) is 9.89 Å². The van der Waals surface area contributed by atoms with E-state index in [1.807, 2.05) is 6.92 Å². The molecule has 5 aromatic rings. The second-order valence-electron chi connectivity index (χ2n) is 9.02. The lowest BCUT2D eigenvalue weighted by Crippen LogP contribution is -2.22. The number of ether oxygens (including phenoxy) is 3. The maximum Gasteiger partial charge on any atom is 0.573 e. The second-order valence-corrected chi connectivity index (χ2v) is 9.43. The van der Waals surface area contributed by atoms with Crippen molar-refractivity contribution in [1.82, 2.24) is 9.72 Å². The molecule has 0 fully saturated rings. The molecule has 0 saturated heterocycles. The molecule has 1 atom stereocenters. The zero-order chi connectivity index (χ0) is 28.8. The van der Waals surface area contributed by atoms with Crippen LogP contribution in [0.4, 0.5) is 13.2 Å². The highest BCUT2D eigenvalue weighted by Gasteiger charge is 2.32. The number of methoxy groups -OCH3 is 1. The van der Waals surface area contributed by atoms with Gasteiger partial charge in [0.2, 0.25) is 0 Å². The summed E-state index contributed by atoms with van der Waals surface area (Å²) in [5, 5.41) is 15.1. The maximum atomic E-state index is 13.1. The van der Waals surface area contributed by atoms with Gasteiger partial charge in [0, 0.05) is 40.3 Å². The third kappa shape index (κ3) is 5.24. The zero-order valence-electron chi connectivity index (χ0n) is 21.4. The predicted octanol–water partition coefficient (Wildman–Crippen LogP) is 7.22. The van der Waals surface area contributed by atoms with Gasteiger partial charge in [-0.3, -0.25) is 0 Å². The van der Waals surface area contributed by atoms with E-state index in [1.165, 1.54) is 32.2 Å². The molecule has 2 aromatic heterocycles. The third-order valence-electron chi connectivity index (χ3n) is 6.45. The highest BCUT2D eigenvalue weighted by Crippen LogP contribution is 2.41. The molecule has 0 spiro atoms. The number of hydrogen-bond acceptors (Lipinski definition) is 6. The van der Waals surface area contributed by atoms with Gasteiger partial charge < -0.3 is 28.4 Å². The standard InChI is InChI=1S/C28H22ClF3N2O6/c1-14-25(26-21-8-4-17(37-3)12-24(21)40-33-26)20-7-5-19(39-28(30,31)32)11-23(20)34(14)13-16-10-18(6-9-22(16)29)38-15(2)27(35)36/h4-12,15H,13H2,1-3H3,(H,35,36)/t15-/m0/s1. The summed E-state index contributed by atoms with van der Waals surface area (Å²) in [6.07, 6.45) is -5.98. The van der Waals surface area contributed by atoms with Crippen LogP contribution < -0.4 is 14.2 Å². The Morgan fingerprint density at radius 1 is 1.07 bits per heavy atom. The number of halogens is 4. The Balaban J connectivity index is 1.67. The van der Waals surface area contributed by atoms with Gasteiger partial charge in [-0.2, -0.15) is 0 Å². The minimum Gasteiger partial charge on any atom is -0.497 e. The average Bonchev–Trinajstić information content (AvgIpc) is 3.42. The lowest BCUT2D eigenvalue weighted by Gasteiger charge is -2.15. The number of nitrogens with zero attached hydrogens (tertiary/aromatic N) is 2. The first kappa shape index (κ1) is 27.2. The number of alkyl halides is 3. The Morgan fingerprint density at radius 2 is 1.77 bits per heavy atom. The first-order chi connectivity index (χ1) is 18.9. The Kier molecular flexibility index (Phi) is 7.01. The van der Waals surface area contributed by atoms with Gasteiger partial charge in [-0.15, -0.1) is 13.2 Å². The number of carbonyl (C=O) groups is 1. The van der Waals surface area contributed by atoms with E-state index in [4.69, 9.17) is 25.6 Å². The summed E-state index contributed by atoms with van der Waals surface area (Å²) in [5.74, 6) is -0.667. The number of fused-ring (bicyclic) bond motifs is 2. The monoisotopic (exact) mass is 574 g/mol. The van der Waals surface area contributed by atoms with Gasteiger partial charge in [0.15, 0.2) is 11.7 Å². The molecule has 5 rings (SSSR count). The van der Waals surface area contributed by atoms with Gasteiger partial charge in [-0.25, -0.2) is 4.79 Å². The number of carboxylic acids is 1. The van der Waals surface area contributed by atoms with Crippen molar-refractivity contribution in [3.05, 3.63) is 70.9 Å². The van der Waals surface area contributed by atoms with Gasteiger partial charge in [0.05, 0.1) is 18.0 Å². The number of carboxylic acid groups (broad SMARTS) is 1. The van der Waals surface area contributed by atoms with Crippen molar-refractivity contribution >= 4 is 39.4 Å². The number of aliphatic carboxylic acids is 1. The first-order valence-electron chi connectivity index (χ1n) is 12.0. The van der Waals surface area contributed by atoms with Crippen LogP contribution in [0.15, 0.2) is 59.1 Å². The number of aromatic nitrogens is 2. The Bertz CT molecular complexity index is 1740. The van der Waals surface area contributed by atoms with Crippen molar-refractivity contribution in [3.63, 3.8) is 0 Å². The van der Waals surface area contributed by atoms with Gasteiger partial charge in [0.25, 0.3) is 0 Å². The van der Waals surface area contributed by atoms with E-state index in [-0.39, 0.29) is 12.3 Å². The van der Waals surface area contributed by atoms with Crippen molar-refractivity contribution in [1.29, 1.82) is 0 Å². The van der Waals surface area contributed by atoms with Crippen LogP contribution in [-0.4, -0.2) is 40.4 Å². The van der Waals surface area contributed by atoms with Crippen LogP contribution in [0.5, 0.6) is 17.2 Å². The van der Waals surface area contributed by atoms with Gasteiger partial charge in [0.1, 0.15) is 22.9 Å². The van der Waals surface area contributed by atoms with E-state index in [0.717, 1.165) is 0 Å². The van der Waals surface area contributed by atoms with Crippen molar-refractivity contribution in [2.75, 3.05) is 7.11 Å². The Morgan fingerprint density at radius 3 is 2.48 bits per heavy atom. The molecule has 2 heterocycles. The molecule has 3 aromatic carbocycles. The smallest absolute Gasteiger partial charge is 0.497 e. The van der Waals surface area contributed by atoms with Crippen LogP contribution in [0.2, 0.25) is 5.02 Å². The molecule has 0 radical (unpaired) electrons.